The van der Waals surface area contributed by atoms with Crippen molar-refractivity contribution < 1.29 is 14.6 Å². The van der Waals surface area contributed by atoms with Gasteiger partial charge in [-0.3, -0.25) is 4.57 Å². The minimum absolute atomic E-state index is 0.0223. The molecule has 1 saturated carbocycles. The third kappa shape index (κ3) is 3.07. The highest BCUT2D eigenvalue weighted by atomic mass is 16.5. The van der Waals surface area contributed by atoms with Crippen LogP contribution in [0.2, 0.25) is 0 Å². The van der Waals surface area contributed by atoms with Gasteiger partial charge in [-0.05, 0) is 31.9 Å². The third-order valence-corrected chi connectivity index (χ3v) is 4.83. The SMILES string of the molecule is CCOC(=O)c1nc(-c2cccc(O)c2)nc2c1[nH]c(=O)n2C1CCCC1. The van der Waals surface area contributed by atoms with Crippen LogP contribution in [0.25, 0.3) is 22.6 Å². The van der Waals surface area contributed by atoms with Gasteiger partial charge in [-0.25, -0.2) is 19.6 Å². The number of phenols is 1. The number of carbonyl (C=O) groups is 1. The summed E-state index contributed by atoms with van der Waals surface area (Å²) >= 11 is 0. The number of rotatable bonds is 4. The molecule has 0 saturated heterocycles. The highest BCUT2D eigenvalue weighted by molar-refractivity contribution is 5.99. The van der Waals surface area contributed by atoms with E-state index in [2.05, 4.69) is 15.0 Å². The van der Waals surface area contributed by atoms with Crippen LogP contribution >= 0.6 is 0 Å². The molecule has 0 radical (unpaired) electrons. The van der Waals surface area contributed by atoms with Crippen molar-refractivity contribution >= 4 is 17.1 Å². The number of phenolic OH excluding ortho intramolecular Hbond substituents is 1. The number of carbonyl (C=O) groups excluding carboxylic acids is 1. The Labute approximate surface area is 154 Å². The van der Waals surface area contributed by atoms with Gasteiger partial charge in [0.25, 0.3) is 0 Å². The quantitative estimate of drug-likeness (QED) is 0.685. The number of esters is 1. The summed E-state index contributed by atoms with van der Waals surface area (Å²) in [6.45, 7) is 1.90. The Bertz CT molecular complexity index is 1060. The van der Waals surface area contributed by atoms with Crippen LogP contribution in [0, 0.1) is 0 Å². The fraction of sp³-hybridized carbons (Fsp3) is 0.368. The molecule has 0 amide bonds. The Kier molecular flexibility index (Phi) is 4.39. The van der Waals surface area contributed by atoms with E-state index < -0.39 is 5.97 Å². The van der Waals surface area contributed by atoms with Gasteiger partial charge in [-0.2, -0.15) is 0 Å². The number of benzene rings is 1. The number of nitrogens with zero attached hydrogens (tertiary/aromatic N) is 3. The summed E-state index contributed by atoms with van der Waals surface area (Å²) in [6.07, 6.45) is 3.90. The summed E-state index contributed by atoms with van der Waals surface area (Å²) < 4.78 is 6.74. The number of nitrogens with one attached hydrogen (secondary N) is 1. The molecule has 1 aliphatic carbocycles. The van der Waals surface area contributed by atoms with E-state index in [9.17, 15) is 14.7 Å². The van der Waals surface area contributed by atoms with Gasteiger partial charge >= 0.3 is 11.7 Å². The van der Waals surface area contributed by atoms with E-state index in [0.717, 1.165) is 25.7 Å². The maximum absolute atomic E-state index is 12.6. The van der Waals surface area contributed by atoms with Gasteiger partial charge < -0.3 is 14.8 Å². The molecule has 140 valence electrons. The lowest BCUT2D eigenvalue weighted by atomic mass is 10.2. The molecule has 1 fully saturated rings. The summed E-state index contributed by atoms with van der Waals surface area (Å²) in [5.41, 5.74) is 0.950. The molecule has 1 aliphatic rings. The van der Waals surface area contributed by atoms with Crippen LogP contribution < -0.4 is 5.69 Å². The largest absolute Gasteiger partial charge is 0.508 e. The molecule has 0 atom stereocenters. The van der Waals surface area contributed by atoms with E-state index >= 15 is 0 Å². The number of imidazole rings is 1. The second kappa shape index (κ2) is 6.86. The van der Waals surface area contributed by atoms with Crippen LogP contribution in [0.15, 0.2) is 29.1 Å². The fourth-order valence-electron chi connectivity index (χ4n) is 3.62. The van der Waals surface area contributed by atoms with Crippen molar-refractivity contribution in [3.05, 3.63) is 40.4 Å². The van der Waals surface area contributed by atoms with Crippen molar-refractivity contribution in [2.45, 2.75) is 38.6 Å². The Balaban J connectivity index is 1.98. The number of hydrogen-bond acceptors (Lipinski definition) is 6. The number of aromatic amines is 1. The molecule has 8 nitrogen and oxygen atoms in total. The average Bonchev–Trinajstić information content (AvgIpc) is 3.27. The zero-order valence-corrected chi connectivity index (χ0v) is 14.9. The van der Waals surface area contributed by atoms with Gasteiger partial charge in [0, 0.05) is 11.6 Å². The molecule has 4 rings (SSSR count). The van der Waals surface area contributed by atoms with Crippen LogP contribution in [-0.2, 0) is 4.74 Å². The second-order valence-electron chi connectivity index (χ2n) is 6.60. The first-order valence-electron chi connectivity index (χ1n) is 9.07. The predicted octanol–water partition coefficient (Wildman–Crippen LogP) is 2.78. The van der Waals surface area contributed by atoms with Crippen LogP contribution in [0.1, 0.15) is 49.1 Å². The summed E-state index contributed by atoms with van der Waals surface area (Å²) in [5.74, 6) is -0.297. The van der Waals surface area contributed by atoms with Crippen LogP contribution in [0.5, 0.6) is 5.75 Å². The number of aromatic hydroxyl groups is 1. The molecule has 8 heteroatoms. The number of aromatic nitrogens is 4. The third-order valence-electron chi connectivity index (χ3n) is 4.83. The molecule has 1 aromatic carbocycles. The predicted molar refractivity (Wildman–Crippen MR) is 98.7 cm³/mol. The van der Waals surface area contributed by atoms with E-state index in [0.29, 0.717) is 11.2 Å². The summed E-state index contributed by atoms with van der Waals surface area (Å²) in [7, 11) is 0. The van der Waals surface area contributed by atoms with E-state index in [-0.39, 0.29) is 41.1 Å². The topological polar surface area (TPSA) is 110 Å². The minimum atomic E-state index is -0.619. The lowest BCUT2D eigenvalue weighted by molar-refractivity contribution is 0.0522. The van der Waals surface area contributed by atoms with Gasteiger partial charge in [0.2, 0.25) is 0 Å². The van der Waals surface area contributed by atoms with Crippen molar-refractivity contribution in [3.63, 3.8) is 0 Å². The zero-order valence-electron chi connectivity index (χ0n) is 14.9. The van der Waals surface area contributed by atoms with Crippen molar-refractivity contribution in [3.8, 4) is 17.1 Å². The Morgan fingerprint density at radius 3 is 2.81 bits per heavy atom. The second-order valence-corrected chi connectivity index (χ2v) is 6.60. The van der Waals surface area contributed by atoms with Crippen molar-refractivity contribution in [2.24, 2.45) is 0 Å². The Morgan fingerprint density at radius 1 is 1.33 bits per heavy atom. The van der Waals surface area contributed by atoms with Crippen molar-refractivity contribution in [2.75, 3.05) is 6.61 Å². The van der Waals surface area contributed by atoms with Gasteiger partial charge in [-0.15, -0.1) is 0 Å². The standard InChI is InChI=1S/C19H20N4O4/c1-2-27-18(25)15-14-17(23(19(26)21-14)12-7-3-4-8-12)22-16(20-15)11-6-5-9-13(24)10-11/h5-6,9-10,12,24H,2-4,7-8H2,1H3,(H,21,26). The van der Waals surface area contributed by atoms with Gasteiger partial charge in [0.1, 0.15) is 11.3 Å². The minimum Gasteiger partial charge on any atom is -0.508 e. The molecular weight excluding hydrogens is 348 g/mol. The molecule has 3 aromatic rings. The first-order valence-corrected chi connectivity index (χ1v) is 9.07. The number of H-pyrrole nitrogens is 1. The number of fused-ring (bicyclic) bond motifs is 1. The highest BCUT2D eigenvalue weighted by Gasteiger charge is 2.26. The molecule has 0 unspecified atom stereocenters. The maximum Gasteiger partial charge on any atom is 0.359 e. The monoisotopic (exact) mass is 368 g/mol. The van der Waals surface area contributed by atoms with E-state index in [4.69, 9.17) is 4.74 Å². The van der Waals surface area contributed by atoms with Crippen LogP contribution in [-0.4, -0.2) is 37.2 Å². The molecule has 0 aliphatic heterocycles. The lowest BCUT2D eigenvalue weighted by Crippen LogP contribution is -2.20. The number of hydrogen-bond donors (Lipinski definition) is 2. The van der Waals surface area contributed by atoms with Gasteiger partial charge in [0.15, 0.2) is 17.2 Å². The Hall–Kier alpha value is -3.16. The highest BCUT2D eigenvalue weighted by Crippen LogP contribution is 2.31. The lowest BCUT2D eigenvalue weighted by Gasteiger charge is -2.12. The first kappa shape index (κ1) is 17.3. The molecule has 0 spiro atoms. The molecule has 2 N–H and O–H groups in total. The zero-order chi connectivity index (χ0) is 19.0. The van der Waals surface area contributed by atoms with Crippen LogP contribution in [0.3, 0.4) is 0 Å². The Morgan fingerprint density at radius 2 is 2.11 bits per heavy atom. The average molecular weight is 368 g/mol. The molecule has 2 aromatic heterocycles. The summed E-state index contributed by atoms with van der Waals surface area (Å²) in [4.78, 5) is 36.7. The molecular formula is C19H20N4O4. The summed E-state index contributed by atoms with van der Waals surface area (Å²) in [6, 6.07) is 6.51. The molecule has 27 heavy (non-hydrogen) atoms. The first-order chi connectivity index (χ1) is 13.1. The van der Waals surface area contributed by atoms with Crippen molar-refractivity contribution in [1.29, 1.82) is 0 Å². The maximum atomic E-state index is 12.6. The molecule has 0 bridgehead atoms. The van der Waals surface area contributed by atoms with E-state index in [1.54, 1.807) is 29.7 Å². The van der Waals surface area contributed by atoms with E-state index in [1.165, 1.54) is 6.07 Å². The normalized spacial score (nSPS) is 14.7. The van der Waals surface area contributed by atoms with Crippen LogP contribution in [0.4, 0.5) is 0 Å². The fourth-order valence-corrected chi connectivity index (χ4v) is 3.62. The van der Waals surface area contributed by atoms with Gasteiger partial charge in [-0.1, -0.05) is 25.0 Å². The van der Waals surface area contributed by atoms with E-state index in [1.807, 2.05) is 0 Å². The smallest absolute Gasteiger partial charge is 0.359 e. The summed E-state index contributed by atoms with van der Waals surface area (Å²) in [5, 5.41) is 9.77. The van der Waals surface area contributed by atoms with Gasteiger partial charge in [0.05, 0.1) is 6.61 Å². The number of ether oxygens (including phenoxy) is 1. The molecule has 2 heterocycles. The van der Waals surface area contributed by atoms with Crippen molar-refractivity contribution in [1.82, 2.24) is 19.5 Å².